The lowest BCUT2D eigenvalue weighted by atomic mass is 9.78. The van der Waals surface area contributed by atoms with Crippen molar-refractivity contribution in [3.8, 4) is 0 Å². The molecule has 0 unspecified atom stereocenters. The Labute approximate surface area is 212 Å². The van der Waals surface area contributed by atoms with Crippen molar-refractivity contribution in [2.75, 3.05) is 19.8 Å². The van der Waals surface area contributed by atoms with Gasteiger partial charge in [0.15, 0.2) is 0 Å². The molecule has 0 radical (unpaired) electrons. The standard InChI is InChI=1S/C27H31F6NO3/c1-3-36-24(35)10-9-19-11-12-25(34-16-19,21-7-5-4-6-8-21)17-37-18(2)20-13-22(26(28,29)30)15-23(14-20)27(31,32)33/h4-8,13-15,18-19,34H,3,9-12,16-17H2,1-2H3/t18-,19+,25-/m1/s1. The Balaban J connectivity index is 1.77. The zero-order valence-electron chi connectivity index (χ0n) is 20.7. The first-order chi connectivity index (χ1) is 17.3. The summed E-state index contributed by atoms with van der Waals surface area (Å²) in [7, 11) is 0. The van der Waals surface area contributed by atoms with Gasteiger partial charge in [0, 0.05) is 6.42 Å². The van der Waals surface area contributed by atoms with Crippen molar-refractivity contribution in [3.63, 3.8) is 0 Å². The van der Waals surface area contributed by atoms with E-state index in [9.17, 15) is 31.1 Å². The minimum atomic E-state index is -4.93. The van der Waals surface area contributed by atoms with Gasteiger partial charge in [-0.15, -0.1) is 0 Å². The fraction of sp³-hybridized carbons (Fsp3) is 0.519. The molecule has 3 rings (SSSR count). The van der Waals surface area contributed by atoms with E-state index < -0.39 is 35.1 Å². The molecule has 1 fully saturated rings. The Bertz CT molecular complexity index is 998. The van der Waals surface area contributed by atoms with Crippen molar-refractivity contribution >= 4 is 5.97 Å². The maximum atomic E-state index is 13.3. The van der Waals surface area contributed by atoms with Crippen molar-refractivity contribution in [3.05, 3.63) is 70.8 Å². The van der Waals surface area contributed by atoms with Gasteiger partial charge < -0.3 is 14.8 Å². The van der Waals surface area contributed by atoms with Crippen LogP contribution in [0.2, 0.25) is 0 Å². The Morgan fingerprint density at radius 2 is 1.68 bits per heavy atom. The number of carbonyl (C=O) groups excluding carboxylic acids is 1. The topological polar surface area (TPSA) is 47.6 Å². The van der Waals surface area contributed by atoms with E-state index in [4.69, 9.17) is 9.47 Å². The fourth-order valence-electron chi connectivity index (χ4n) is 4.57. The quantitative estimate of drug-likeness (QED) is 0.279. The van der Waals surface area contributed by atoms with E-state index in [1.165, 1.54) is 6.92 Å². The van der Waals surface area contributed by atoms with E-state index in [0.717, 1.165) is 12.0 Å². The number of piperidine rings is 1. The number of alkyl halides is 6. The van der Waals surface area contributed by atoms with E-state index in [1.807, 2.05) is 30.3 Å². The predicted molar refractivity (Wildman–Crippen MR) is 126 cm³/mol. The molecule has 204 valence electrons. The van der Waals surface area contributed by atoms with E-state index in [-0.39, 0.29) is 30.1 Å². The average Bonchev–Trinajstić information content (AvgIpc) is 2.86. The van der Waals surface area contributed by atoms with Gasteiger partial charge in [-0.3, -0.25) is 4.79 Å². The molecule has 0 aromatic heterocycles. The molecule has 4 nitrogen and oxygen atoms in total. The fourth-order valence-corrected chi connectivity index (χ4v) is 4.57. The van der Waals surface area contributed by atoms with Crippen LogP contribution in [0, 0.1) is 5.92 Å². The van der Waals surface area contributed by atoms with Crippen LogP contribution in [-0.2, 0) is 32.2 Å². The first kappa shape index (κ1) is 29.0. The lowest BCUT2D eigenvalue weighted by molar-refractivity contribution is -0.144. The van der Waals surface area contributed by atoms with Crippen molar-refractivity contribution in [2.45, 2.75) is 63.5 Å². The summed E-state index contributed by atoms with van der Waals surface area (Å²) in [6, 6.07) is 10.9. The van der Waals surface area contributed by atoms with Crippen LogP contribution in [0.3, 0.4) is 0 Å². The molecule has 0 saturated carbocycles. The van der Waals surface area contributed by atoms with Crippen LogP contribution in [-0.4, -0.2) is 25.7 Å². The number of carbonyl (C=O) groups is 1. The molecular formula is C27H31F6NO3. The molecular weight excluding hydrogens is 500 g/mol. The molecule has 1 saturated heterocycles. The summed E-state index contributed by atoms with van der Waals surface area (Å²) in [5, 5.41) is 3.50. The van der Waals surface area contributed by atoms with Crippen LogP contribution < -0.4 is 5.32 Å². The number of nitrogens with one attached hydrogen (secondary N) is 1. The van der Waals surface area contributed by atoms with Gasteiger partial charge in [0.05, 0.1) is 36.0 Å². The number of rotatable bonds is 9. The summed E-state index contributed by atoms with van der Waals surface area (Å²) in [5.74, 6) is -0.0321. The molecule has 3 atom stereocenters. The highest BCUT2D eigenvalue weighted by Gasteiger charge is 2.39. The largest absolute Gasteiger partial charge is 0.466 e. The molecule has 1 N–H and O–H groups in total. The van der Waals surface area contributed by atoms with Gasteiger partial charge in [-0.05, 0) is 74.9 Å². The highest BCUT2D eigenvalue weighted by molar-refractivity contribution is 5.69. The van der Waals surface area contributed by atoms with Gasteiger partial charge in [0.2, 0.25) is 0 Å². The van der Waals surface area contributed by atoms with E-state index in [2.05, 4.69) is 5.32 Å². The van der Waals surface area contributed by atoms with Gasteiger partial charge in [0.25, 0.3) is 0 Å². The third-order valence-corrected chi connectivity index (χ3v) is 6.76. The summed E-state index contributed by atoms with van der Waals surface area (Å²) in [6.07, 6.45) is -8.53. The number of ether oxygens (including phenoxy) is 2. The van der Waals surface area contributed by atoms with Gasteiger partial charge in [-0.2, -0.15) is 26.3 Å². The molecule has 0 bridgehead atoms. The summed E-state index contributed by atoms with van der Waals surface area (Å²) >= 11 is 0. The van der Waals surface area contributed by atoms with E-state index >= 15 is 0 Å². The minimum Gasteiger partial charge on any atom is -0.466 e. The van der Waals surface area contributed by atoms with E-state index in [1.54, 1.807) is 6.92 Å². The lowest BCUT2D eigenvalue weighted by Crippen LogP contribution is -2.52. The second-order valence-electron chi connectivity index (χ2n) is 9.37. The molecule has 37 heavy (non-hydrogen) atoms. The molecule has 10 heteroatoms. The third kappa shape index (κ3) is 7.70. The van der Waals surface area contributed by atoms with Crippen LogP contribution in [0.15, 0.2) is 48.5 Å². The van der Waals surface area contributed by atoms with Crippen molar-refractivity contribution in [1.82, 2.24) is 5.32 Å². The Morgan fingerprint density at radius 3 is 2.19 bits per heavy atom. The monoisotopic (exact) mass is 531 g/mol. The number of benzene rings is 2. The second-order valence-corrected chi connectivity index (χ2v) is 9.37. The Kier molecular flexibility index (Phi) is 9.28. The summed E-state index contributed by atoms with van der Waals surface area (Å²) in [6.45, 7) is 4.14. The van der Waals surface area contributed by atoms with Gasteiger partial charge >= 0.3 is 18.3 Å². The number of hydrogen-bond donors (Lipinski definition) is 1. The second kappa shape index (κ2) is 11.9. The number of hydrogen-bond acceptors (Lipinski definition) is 4. The SMILES string of the molecule is CCOC(=O)CC[C@H]1CC[C@@](CO[C@H](C)c2cc(C(F)(F)F)cc(C(F)(F)F)c2)(c2ccccc2)NC1. The summed E-state index contributed by atoms with van der Waals surface area (Å²) in [4.78, 5) is 11.7. The average molecular weight is 532 g/mol. The normalized spacial score (nSPS) is 21.5. The third-order valence-electron chi connectivity index (χ3n) is 6.76. The first-order valence-corrected chi connectivity index (χ1v) is 12.2. The maximum absolute atomic E-state index is 13.3. The van der Waals surface area contributed by atoms with Crippen molar-refractivity contribution in [2.24, 2.45) is 5.92 Å². The smallest absolute Gasteiger partial charge is 0.416 e. The number of esters is 1. The van der Waals surface area contributed by atoms with Gasteiger partial charge in [-0.25, -0.2) is 0 Å². The molecule has 2 aromatic carbocycles. The summed E-state index contributed by atoms with van der Waals surface area (Å²) < 4.78 is 90.8. The first-order valence-electron chi connectivity index (χ1n) is 12.2. The van der Waals surface area contributed by atoms with Crippen molar-refractivity contribution < 1.29 is 40.6 Å². The van der Waals surface area contributed by atoms with Crippen LogP contribution in [0.25, 0.3) is 0 Å². The van der Waals surface area contributed by atoms with Crippen LogP contribution in [0.5, 0.6) is 0 Å². The van der Waals surface area contributed by atoms with Gasteiger partial charge in [0.1, 0.15) is 0 Å². The Morgan fingerprint density at radius 1 is 1.05 bits per heavy atom. The van der Waals surface area contributed by atoms with Crippen LogP contribution >= 0.6 is 0 Å². The number of halogens is 6. The lowest BCUT2D eigenvalue weighted by Gasteiger charge is -2.42. The Hall–Kier alpha value is -2.59. The predicted octanol–water partition coefficient (Wildman–Crippen LogP) is 7.04. The zero-order valence-corrected chi connectivity index (χ0v) is 20.7. The summed E-state index contributed by atoms with van der Waals surface area (Å²) in [5.41, 5.74) is -2.71. The van der Waals surface area contributed by atoms with E-state index in [0.29, 0.717) is 44.5 Å². The molecule has 0 spiro atoms. The zero-order chi connectivity index (χ0) is 27.3. The molecule has 1 aliphatic rings. The van der Waals surface area contributed by atoms with Gasteiger partial charge in [-0.1, -0.05) is 30.3 Å². The highest BCUT2D eigenvalue weighted by atomic mass is 19.4. The molecule has 2 aromatic rings. The minimum absolute atomic E-state index is 0.0420. The van der Waals surface area contributed by atoms with Crippen LogP contribution in [0.4, 0.5) is 26.3 Å². The van der Waals surface area contributed by atoms with Crippen molar-refractivity contribution in [1.29, 1.82) is 0 Å². The molecule has 1 heterocycles. The van der Waals surface area contributed by atoms with Crippen LogP contribution in [0.1, 0.15) is 67.9 Å². The molecule has 0 aliphatic carbocycles. The highest BCUT2D eigenvalue weighted by Crippen LogP contribution is 2.39. The maximum Gasteiger partial charge on any atom is 0.416 e. The molecule has 1 aliphatic heterocycles. The molecule has 0 amide bonds.